The van der Waals surface area contributed by atoms with E-state index in [1.807, 2.05) is 0 Å². The molecule has 1 fully saturated rings. The summed E-state index contributed by atoms with van der Waals surface area (Å²) in [6.45, 7) is 1.75. The van der Waals surface area contributed by atoms with Crippen LogP contribution < -0.4 is 19.5 Å². The number of methoxy groups -OCH3 is 3. The Morgan fingerprint density at radius 2 is 1.72 bits per heavy atom. The fourth-order valence-corrected chi connectivity index (χ4v) is 6.53. The molecular weight excluding hydrogens is 527 g/mol. The molecule has 0 radical (unpaired) electrons. The van der Waals surface area contributed by atoms with Gasteiger partial charge in [-0.3, -0.25) is 4.79 Å². The lowest BCUT2D eigenvalue weighted by Crippen LogP contribution is -2.15. The first kappa shape index (κ1) is 26.4. The summed E-state index contributed by atoms with van der Waals surface area (Å²) in [5, 5.41) is 7.99. The third kappa shape index (κ3) is 4.99. The van der Waals surface area contributed by atoms with E-state index in [-0.39, 0.29) is 17.1 Å². The molecule has 39 heavy (non-hydrogen) atoms. The van der Waals surface area contributed by atoms with Gasteiger partial charge in [-0.05, 0) is 43.7 Å². The fraction of sp³-hybridized carbons (Fsp3) is 0.296. The molecule has 1 atom stereocenters. The molecule has 1 aliphatic heterocycles. The van der Waals surface area contributed by atoms with E-state index in [1.54, 1.807) is 41.9 Å². The predicted molar refractivity (Wildman–Crippen MR) is 144 cm³/mol. The fourth-order valence-electron chi connectivity index (χ4n) is 4.84. The number of carbonyl (C=O) groups excluding carboxylic acids is 1. The Morgan fingerprint density at radius 3 is 2.28 bits per heavy atom. The maximum absolute atomic E-state index is 13.8. The summed E-state index contributed by atoms with van der Waals surface area (Å²) in [6.07, 6.45) is 0.397. The molecule has 1 aliphatic rings. The van der Waals surface area contributed by atoms with Crippen LogP contribution in [0, 0.1) is 12.7 Å². The van der Waals surface area contributed by atoms with Crippen LogP contribution in [-0.2, 0) is 9.84 Å². The van der Waals surface area contributed by atoms with Crippen LogP contribution in [0.2, 0.25) is 0 Å². The number of ether oxygens (including phenoxy) is 3. The lowest BCUT2D eigenvalue weighted by molar-refractivity contribution is 0.102. The quantitative estimate of drug-likeness (QED) is 0.361. The number of hydrogen-bond acceptors (Lipinski definition) is 8. The van der Waals surface area contributed by atoms with Crippen molar-refractivity contribution in [3.8, 4) is 28.5 Å². The SMILES string of the molecule is COc1cc(NC(=O)c2cc(-c3ccc(F)cc3)nc3c2c(C)nn3C2CCS(=O)(=O)C2)cc(OC)c1OC. The van der Waals surface area contributed by atoms with E-state index in [4.69, 9.17) is 19.2 Å². The standard InChI is InChI=1S/C27H27FN4O6S/c1-15-24-20(27(33)29-18-11-22(36-2)25(38-4)23(12-18)37-3)13-21(16-5-7-17(28)8-6-16)30-26(24)32(31-15)19-9-10-39(34,35)14-19/h5-8,11-13,19H,9-10,14H2,1-4H3,(H,29,33). The Labute approximate surface area is 224 Å². The van der Waals surface area contributed by atoms with Crippen molar-refractivity contribution in [1.29, 1.82) is 0 Å². The van der Waals surface area contributed by atoms with Gasteiger partial charge in [-0.2, -0.15) is 5.10 Å². The Morgan fingerprint density at radius 1 is 1.05 bits per heavy atom. The first-order chi connectivity index (χ1) is 18.6. The second kappa shape index (κ2) is 10.2. The summed E-state index contributed by atoms with van der Waals surface area (Å²) in [4.78, 5) is 18.5. The minimum Gasteiger partial charge on any atom is -0.493 e. The molecule has 2 aromatic carbocycles. The van der Waals surface area contributed by atoms with Gasteiger partial charge >= 0.3 is 0 Å². The van der Waals surface area contributed by atoms with E-state index >= 15 is 0 Å². The minimum atomic E-state index is -3.20. The van der Waals surface area contributed by atoms with Gasteiger partial charge in [-0.25, -0.2) is 22.5 Å². The van der Waals surface area contributed by atoms with Crippen LogP contribution in [0.3, 0.4) is 0 Å². The average molecular weight is 555 g/mol. The smallest absolute Gasteiger partial charge is 0.256 e. The van der Waals surface area contributed by atoms with Crippen molar-refractivity contribution in [2.24, 2.45) is 0 Å². The van der Waals surface area contributed by atoms with Crippen LogP contribution in [0.1, 0.15) is 28.5 Å². The van der Waals surface area contributed by atoms with Crippen LogP contribution in [0.5, 0.6) is 17.2 Å². The van der Waals surface area contributed by atoms with E-state index in [0.717, 1.165) is 0 Å². The Kier molecular flexibility index (Phi) is 6.89. The second-order valence-corrected chi connectivity index (χ2v) is 11.4. The number of carbonyl (C=O) groups is 1. The van der Waals surface area contributed by atoms with Gasteiger partial charge in [-0.15, -0.1) is 0 Å². The lowest BCUT2D eigenvalue weighted by atomic mass is 10.0. The molecule has 4 aromatic rings. The first-order valence-corrected chi connectivity index (χ1v) is 13.9. The Bertz CT molecular complexity index is 1660. The molecular formula is C27H27FN4O6S. The number of anilines is 1. The van der Waals surface area contributed by atoms with Crippen molar-refractivity contribution in [1.82, 2.24) is 14.8 Å². The number of sulfone groups is 1. The highest BCUT2D eigenvalue weighted by Gasteiger charge is 2.32. The highest BCUT2D eigenvalue weighted by Crippen LogP contribution is 2.40. The summed E-state index contributed by atoms with van der Waals surface area (Å²) in [7, 11) is 1.24. The molecule has 10 nitrogen and oxygen atoms in total. The van der Waals surface area contributed by atoms with Gasteiger partial charge < -0.3 is 19.5 Å². The van der Waals surface area contributed by atoms with Crippen LogP contribution in [0.15, 0.2) is 42.5 Å². The highest BCUT2D eigenvalue weighted by atomic mass is 32.2. The molecule has 1 unspecified atom stereocenters. The molecule has 1 amide bonds. The van der Waals surface area contributed by atoms with Gasteiger partial charge in [-0.1, -0.05) is 0 Å². The number of halogens is 1. The zero-order valence-corrected chi connectivity index (χ0v) is 22.6. The van der Waals surface area contributed by atoms with E-state index in [1.165, 1.54) is 33.5 Å². The normalized spacial score (nSPS) is 16.3. The summed E-state index contributed by atoms with van der Waals surface area (Å²) in [5.74, 6) is 0.254. The minimum absolute atomic E-state index is 0.0569. The zero-order chi connectivity index (χ0) is 27.9. The molecule has 0 aliphatic carbocycles. The van der Waals surface area contributed by atoms with Gasteiger partial charge in [0, 0.05) is 23.4 Å². The number of amides is 1. The molecule has 5 rings (SSSR count). The molecule has 1 saturated heterocycles. The molecule has 0 spiro atoms. The topological polar surface area (TPSA) is 122 Å². The number of rotatable bonds is 7. The van der Waals surface area contributed by atoms with Crippen molar-refractivity contribution < 1.29 is 31.8 Å². The number of aryl methyl sites for hydroxylation is 1. The van der Waals surface area contributed by atoms with Gasteiger partial charge in [0.15, 0.2) is 27.0 Å². The van der Waals surface area contributed by atoms with Crippen LogP contribution in [-0.4, -0.2) is 61.9 Å². The van der Waals surface area contributed by atoms with E-state index in [0.29, 0.717) is 57.3 Å². The summed E-state index contributed by atoms with van der Waals surface area (Å²) >= 11 is 0. The number of hydrogen-bond donors (Lipinski definition) is 1. The summed E-state index contributed by atoms with van der Waals surface area (Å²) < 4.78 is 55.8. The summed E-state index contributed by atoms with van der Waals surface area (Å²) in [5.41, 5.74) is 2.59. The first-order valence-electron chi connectivity index (χ1n) is 12.1. The van der Waals surface area contributed by atoms with E-state index in [9.17, 15) is 17.6 Å². The van der Waals surface area contributed by atoms with Crippen LogP contribution in [0.25, 0.3) is 22.3 Å². The number of nitrogens with zero attached hydrogens (tertiary/aromatic N) is 3. The van der Waals surface area contributed by atoms with Gasteiger partial charge in [0.05, 0.1) is 61.2 Å². The monoisotopic (exact) mass is 554 g/mol. The van der Waals surface area contributed by atoms with Gasteiger partial charge in [0.25, 0.3) is 5.91 Å². The molecule has 12 heteroatoms. The third-order valence-corrected chi connectivity index (χ3v) is 8.45. The van der Waals surface area contributed by atoms with Crippen molar-refractivity contribution >= 4 is 32.5 Å². The van der Waals surface area contributed by atoms with Crippen LogP contribution in [0.4, 0.5) is 10.1 Å². The molecule has 3 heterocycles. The number of pyridine rings is 1. The van der Waals surface area contributed by atoms with E-state index < -0.39 is 27.6 Å². The van der Waals surface area contributed by atoms with Crippen molar-refractivity contribution in [3.05, 3.63) is 59.5 Å². The van der Waals surface area contributed by atoms with Crippen molar-refractivity contribution in [2.75, 3.05) is 38.2 Å². The molecule has 204 valence electrons. The average Bonchev–Trinajstić information content (AvgIpc) is 3.46. The van der Waals surface area contributed by atoms with Gasteiger partial charge in [0.1, 0.15) is 5.82 Å². The Hall–Kier alpha value is -4.19. The summed E-state index contributed by atoms with van der Waals surface area (Å²) in [6, 6.07) is 10.2. The van der Waals surface area contributed by atoms with Gasteiger partial charge in [0.2, 0.25) is 5.75 Å². The molecule has 2 aromatic heterocycles. The van der Waals surface area contributed by atoms with Crippen molar-refractivity contribution in [3.63, 3.8) is 0 Å². The number of benzene rings is 2. The molecule has 1 N–H and O–H groups in total. The molecule has 0 bridgehead atoms. The number of aromatic nitrogens is 3. The predicted octanol–water partition coefficient (Wildman–Crippen LogP) is 4.18. The van der Waals surface area contributed by atoms with E-state index in [2.05, 4.69) is 10.4 Å². The van der Waals surface area contributed by atoms with Crippen LogP contribution >= 0.6 is 0 Å². The Balaban J connectivity index is 1.65. The highest BCUT2D eigenvalue weighted by molar-refractivity contribution is 7.91. The maximum atomic E-state index is 13.8. The van der Waals surface area contributed by atoms with Crippen molar-refractivity contribution in [2.45, 2.75) is 19.4 Å². The largest absolute Gasteiger partial charge is 0.493 e. The number of nitrogens with one attached hydrogen (secondary N) is 1. The molecule has 0 saturated carbocycles. The maximum Gasteiger partial charge on any atom is 0.256 e. The second-order valence-electron chi connectivity index (χ2n) is 9.22. The number of fused-ring (bicyclic) bond motifs is 1. The zero-order valence-electron chi connectivity index (χ0n) is 21.8. The third-order valence-electron chi connectivity index (χ3n) is 6.70. The lowest BCUT2D eigenvalue weighted by Gasteiger charge is -2.15.